The Kier molecular flexibility index (Phi) is 4.82. The molecule has 0 saturated heterocycles. The second kappa shape index (κ2) is 7.26. The molecule has 0 fully saturated rings. The maximum Gasteiger partial charge on any atom is 0.225 e. The summed E-state index contributed by atoms with van der Waals surface area (Å²) in [4.78, 5) is 6.03. The van der Waals surface area contributed by atoms with Crippen LogP contribution in [0.2, 0.25) is 5.02 Å². The Morgan fingerprint density at radius 3 is 2.44 bits per heavy atom. The van der Waals surface area contributed by atoms with Gasteiger partial charge >= 0.3 is 0 Å². The van der Waals surface area contributed by atoms with Gasteiger partial charge in [0.1, 0.15) is 5.76 Å². The molecule has 0 amide bonds. The highest BCUT2D eigenvalue weighted by Gasteiger charge is 2.43. The summed E-state index contributed by atoms with van der Waals surface area (Å²) in [5.74, 6) is 0.271. The molecule has 1 aliphatic heterocycles. The predicted octanol–water partition coefficient (Wildman–Crippen LogP) is 4.03. The van der Waals surface area contributed by atoms with Gasteiger partial charge in [-0.1, -0.05) is 65.8 Å². The monoisotopic (exact) mass is 400 g/mol. The van der Waals surface area contributed by atoms with Crippen molar-refractivity contribution in [3.05, 3.63) is 76.5 Å². The van der Waals surface area contributed by atoms with E-state index in [0.717, 1.165) is 11.1 Å². The number of aromatic nitrogens is 3. The van der Waals surface area contributed by atoms with Gasteiger partial charge in [-0.2, -0.15) is 4.98 Å². The molecular formula is C19H17ClN4O2S. The Balaban J connectivity index is 1.87. The van der Waals surface area contributed by atoms with E-state index in [1.165, 1.54) is 11.8 Å². The van der Waals surface area contributed by atoms with Crippen LogP contribution in [0.4, 0.5) is 5.95 Å². The van der Waals surface area contributed by atoms with Crippen molar-refractivity contribution in [2.45, 2.75) is 17.4 Å². The van der Waals surface area contributed by atoms with Crippen LogP contribution in [-0.4, -0.2) is 37.9 Å². The first kappa shape index (κ1) is 17.9. The average molecular weight is 401 g/mol. The zero-order chi connectivity index (χ0) is 19.0. The van der Waals surface area contributed by atoms with Gasteiger partial charge in [-0.05, 0) is 29.5 Å². The van der Waals surface area contributed by atoms with Crippen molar-refractivity contribution in [3.8, 4) is 0 Å². The van der Waals surface area contributed by atoms with Crippen LogP contribution in [0.15, 0.2) is 65.5 Å². The van der Waals surface area contributed by atoms with Crippen LogP contribution >= 0.6 is 23.4 Å². The highest BCUT2D eigenvalue weighted by molar-refractivity contribution is 7.98. The number of aliphatic hydroxyl groups excluding tert-OH is 2. The Hall–Kier alpha value is -2.48. The number of rotatable bonds is 4. The summed E-state index contributed by atoms with van der Waals surface area (Å²) in [6.45, 7) is 0. The molecule has 2 atom stereocenters. The number of anilines is 1. The SMILES string of the molecule is CSc1n[nH]c(N2[C@H](O)C(O)=C(c3ccccc3)[C@@H]2c2ccc(Cl)cc2)n1. The first-order valence-electron chi connectivity index (χ1n) is 8.27. The lowest BCUT2D eigenvalue weighted by molar-refractivity contribution is 0.156. The van der Waals surface area contributed by atoms with Crippen LogP contribution in [-0.2, 0) is 0 Å². The highest BCUT2D eigenvalue weighted by atomic mass is 35.5. The van der Waals surface area contributed by atoms with E-state index in [1.807, 2.05) is 48.7 Å². The van der Waals surface area contributed by atoms with E-state index in [-0.39, 0.29) is 5.76 Å². The van der Waals surface area contributed by atoms with Crippen molar-refractivity contribution in [1.82, 2.24) is 15.2 Å². The first-order chi connectivity index (χ1) is 13.1. The molecule has 138 valence electrons. The van der Waals surface area contributed by atoms with E-state index in [0.29, 0.717) is 21.7 Å². The normalized spacial score (nSPS) is 19.7. The fourth-order valence-corrected chi connectivity index (χ4v) is 3.71. The predicted molar refractivity (Wildman–Crippen MR) is 107 cm³/mol. The Bertz CT molecular complexity index is 975. The van der Waals surface area contributed by atoms with E-state index in [1.54, 1.807) is 17.0 Å². The quantitative estimate of drug-likeness (QED) is 0.573. The smallest absolute Gasteiger partial charge is 0.225 e. The van der Waals surface area contributed by atoms with Gasteiger partial charge in [0.05, 0.1) is 6.04 Å². The molecule has 1 aliphatic rings. The van der Waals surface area contributed by atoms with Crippen LogP contribution in [0.3, 0.4) is 0 Å². The zero-order valence-corrected chi connectivity index (χ0v) is 15.9. The zero-order valence-electron chi connectivity index (χ0n) is 14.4. The first-order valence-corrected chi connectivity index (χ1v) is 9.87. The summed E-state index contributed by atoms with van der Waals surface area (Å²) in [7, 11) is 0. The van der Waals surface area contributed by atoms with Crippen molar-refractivity contribution >= 4 is 34.9 Å². The molecule has 0 spiro atoms. The maximum absolute atomic E-state index is 10.8. The molecule has 3 N–H and O–H groups in total. The number of hydrogen-bond acceptors (Lipinski definition) is 6. The molecule has 0 unspecified atom stereocenters. The summed E-state index contributed by atoms with van der Waals surface area (Å²) >= 11 is 7.44. The number of nitrogens with one attached hydrogen (secondary N) is 1. The van der Waals surface area contributed by atoms with Crippen molar-refractivity contribution < 1.29 is 10.2 Å². The second-order valence-corrected chi connectivity index (χ2v) is 7.26. The highest BCUT2D eigenvalue weighted by Crippen LogP contribution is 2.46. The number of hydrogen-bond donors (Lipinski definition) is 3. The number of aromatic amines is 1. The van der Waals surface area contributed by atoms with Gasteiger partial charge in [0.25, 0.3) is 0 Å². The van der Waals surface area contributed by atoms with Crippen molar-refractivity contribution in [1.29, 1.82) is 0 Å². The molecule has 0 aliphatic carbocycles. The summed E-state index contributed by atoms with van der Waals surface area (Å²) < 4.78 is 0. The standard InChI is InChI=1S/C19H17ClN4O2S/c1-27-19-21-18(22-23-19)24-15(12-7-9-13(20)10-8-12)14(16(25)17(24)26)11-5-3-2-4-6-11/h2-10,15,17,25-26H,1H3,(H,21,22,23)/t15-,17+/m0/s1. The van der Waals surface area contributed by atoms with Gasteiger partial charge in [0.2, 0.25) is 11.1 Å². The van der Waals surface area contributed by atoms with Gasteiger partial charge in [-0.25, -0.2) is 5.10 Å². The minimum atomic E-state index is -1.25. The molecule has 2 aromatic carbocycles. The topological polar surface area (TPSA) is 85.3 Å². The number of nitrogens with zero attached hydrogens (tertiary/aromatic N) is 3. The minimum Gasteiger partial charge on any atom is -0.507 e. The minimum absolute atomic E-state index is 0.108. The van der Waals surface area contributed by atoms with E-state index >= 15 is 0 Å². The number of benzene rings is 2. The molecule has 3 aromatic rings. The summed E-state index contributed by atoms with van der Waals surface area (Å²) in [5, 5.41) is 29.7. The van der Waals surface area contributed by atoms with E-state index < -0.39 is 12.3 Å². The lowest BCUT2D eigenvalue weighted by Gasteiger charge is -2.28. The fraction of sp³-hybridized carbons (Fsp3) is 0.158. The molecule has 0 radical (unpaired) electrons. The summed E-state index contributed by atoms with van der Waals surface area (Å²) in [6.07, 6.45) is 0.623. The molecule has 8 heteroatoms. The Labute approximate surface area is 165 Å². The molecular weight excluding hydrogens is 384 g/mol. The van der Waals surface area contributed by atoms with Gasteiger partial charge in [-0.15, -0.1) is 5.10 Å². The number of aliphatic hydroxyl groups is 2. The lowest BCUT2D eigenvalue weighted by atomic mass is 9.94. The number of thioether (sulfide) groups is 1. The third kappa shape index (κ3) is 3.18. The molecule has 27 heavy (non-hydrogen) atoms. The second-order valence-electron chi connectivity index (χ2n) is 6.05. The Morgan fingerprint density at radius 1 is 1.11 bits per heavy atom. The fourth-order valence-electron chi connectivity index (χ4n) is 3.27. The summed E-state index contributed by atoms with van der Waals surface area (Å²) in [6, 6.07) is 16.4. The largest absolute Gasteiger partial charge is 0.507 e. The lowest BCUT2D eigenvalue weighted by Crippen LogP contribution is -2.35. The number of H-pyrrole nitrogens is 1. The van der Waals surface area contributed by atoms with E-state index in [4.69, 9.17) is 11.6 Å². The van der Waals surface area contributed by atoms with Gasteiger partial charge in [-0.3, -0.25) is 4.90 Å². The molecule has 1 aromatic heterocycles. The van der Waals surface area contributed by atoms with Crippen molar-refractivity contribution in [3.63, 3.8) is 0 Å². The van der Waals surface area contributed by atoms with Gasteiger partial charge < -0.3 is 10.2 Å². The molecule has 2 heterocycles. The number of halogens is 1. The Morgan fingerprint density at radius 2 is 1.81 bits per heavy atom. The summed E-state index contributed by atoms with van der Waals surface area (Å²) in [5.41, 5.74) is 2.30. The average Bonchev–Trinajstić information content (AvgIpc) is 3.26. The van der Waals surface area contributed by atoms with Crippen molar-refractivity contribution in [2.24, 2.45) is 0 Å². The molecule has 0 saturated carbocycles. The maximum atomic E-state index is 10.8. The van der Waals surface area contributed by atoms with Crippen LogP contribution in [0, 0.1) is 0 Å². The van der Waals surface area contributed by atoms with Crippen LogP contribution in [0.5, 0.6) is 0 Å². The van der Waals surface area contributed by atoms with E-state index in [2.05, 4.69) is 15.2 Å². The van der Waals surface area contributed by atoms with Gasteiger partial charge in [0, 0.05) is 10.6 Å². The van der Waals surface area contributed by atoms with Gasteiger partial charge in [0.15, 0.2) is 6.23 Å². The van der Waals surface area contributed by atoms with E-state index in [9.17, 15) is 10.2 Å². The van der Waals surface area contributed by atoms with Crippen LogP contribution in [0.25, 0.3) is 5.57 Å². The molecule has 4 rings (SSSR count). The molecule has 6 nitrogen and oxygen atoms in total. The van der Waals surface area contributed by atoms with Crippen LogP contribution in [0.1, 0.15) is 17.2 Å². The van der Waals surface area contributed by atoms with Crippen LogP contribution < -0.4 is 4.90 Å². The third-order valence-corrected chi connectivity index (χ3v) is 5.29. The molecule has 0 bridgehead atoms. The third-order valence-electron chi connectivity index (χ3n) is 4.49. The van der Waals surface area contributed by atoms with Crippen molar-refractivity contribution in [2.75, 3.05) is 11.2 Å².